The summed E-state index contributed by atoms with van der Waals surface area (Å²) in [5.41, 5.74) is 0. The Morgan fingerprint density at radius 3 is 2.58 bits per heavy atom. The molecule has 3 nitrogen and oxygen atoms in total. The number of carbonyl (C=O) groups is 1. The minimum atomic E-state index is 0.0902. The van der Waals surface area contributed by atoms with Crippen LogP contribution in [0.3, 0.4) is 0 Å². The maximum atomic E-state index is 11.0. The van der Waals surface area contributed by atoms with E-state index in [4.69, 9.17) is 4.74 Å². The Bertz CT molecular complexity index is 124. The number of hydrogen-bond donors (Lipinski definition) is 1. The molecule has 1 N–H and O–H groups in total. The van der Waals surface area contributed by atoms with Gasteiger partial charge in [0.25, 0.3) is 0 Å². The fraction of sp³-hybridized carbons (Fsp3) is 0.889. The average Bonchev–Trinajstić information content (AvgIpc) is 2.03. The van der Waals surface area contributed by atoms with Gasteiger partial charge in [0, 0.05) is 26.2 Å². The van der Waals surface area contributed by atoms with Gasteiger partial charge in [-0.15, -0.1) is 0 Å². The number of hydrogen-bond acceptors (Lipinski definition) is 2. The average molecular weight is 173 g/mol. The number of methoxy groups -OCH3 is 1. The molecular formula is C9H19NO2. The Hall–Kier alpha value is -0.570. The molecule has 0 radical (unpaired) electrons. The molecule has 0 aliphatic carbocycles. The quantitative estimate of drug-likeness (QED) is 0.613. The second-order valence-electron chi connectivity index (χ2n) is 3.15. The van der Waals surface area contributed by atoms with E-state index in [1.165, 1.54) is 0 Å². The highest BCUT2D eigenvalue weighted by atomic mass is 16.5. The molecule has 72 valence electrons. The summed E-state index contributed by atoms with van der Waals surface area (Å²) in [6.45, 7) is 5.33. The van der Waals surface area contributed by atoms with Crippen LogP contribution in [0, 0.1) is 5.92 Å². The van der Waals surface area contributed by atoms with Crippen LogP contribution in [0.2, 0.25) is 0 Å². The number of unbranched alkanes of at least 4 members (excludes halogenated alkanes) is 1. The molecule has 0 bridgehead atoms. The molecule has 0 heterocycles. The van der Waals surface area contributed by atoms with Crippen molar-refractivity contribution >= 4 is 5.91 Å². The standard InChI is InChI=1S/C9H19NO2/c1-8(2)9(11)10-6-4-5-7-12-3/h8H,4-7H2,1-3H3,(H,10,11). The third-order valence-electron chi connectivity index (χ3n) is 1.60. The van der Waals surface area contributed by atoms with Gasteiger partial charge in [0.15, 0.2) is 0 Å². The summed E-state index contributed by atoms with van der Waals surface area (Å²) in [7, 11) is 1.69. The molecule has 0 unspecified atom stereocenters. The van der Waals surface area contributed by atoms with E-state index in [-0.39, 0.29) is 11.8 Å². The molecule has 0 atom stereocenters. The van der Waals surface area contributed by atoms with E-state index in [1.54, 1.807) is 7.11 Å². The lowest BCUT2D eigenvalue weighted by atomic mass is 10.2. The summed E-state index contributed by atoms with van der Waals surface area (Å²) >= 11 is 0. The van der Waals surface area contributed by atoms with Crippen molar-refractivity contribution < 1.29 is 9.53 Å². The van der Waals surface area contributed by atoms with Crippen LogP contribution in [0.4, 0.5) is 0 Å². The summed E-state index contributed by atoms with van der Waals surface area (Å²) in [5.74, 6) is 0.222. The first kappa shape index (κ1) is 11.4. The van der Waals surface area contributed by atoms with Crippen molar-refractivity contribution in [3.8, 4) is 0 Å². The second-order valence-corrected chi connectivity index (χ2v) is 3.15. The van der Waals surface area contributed by atoms with E-state index in [2.05, 4.69) is 5.32 Å². The van der Waals surface area contributed by atoms with Crippen LogP contribution in [0.25, 0.3) is 0 Å². The lowest BCUT2D eigenvalue weighted by Gasteiger charge is -2.06. The zero-order valence-corrected chi connectivity index (χ0v) is 8.22. The molecule has 0 aromatic rings. The Morgan fingerprint density at radius 1 is 1.42 bits per heavy atom. The van der Waals surface area contributed by atoms with Crippen LogP contribution >= 0.6 is 0 Å². The molecule has 0 spiro atoms. The minimum absolute atomic E-state index is 0.0902. The molecular weight excluding hydrogens is 154 g/mol. The maximum Gasteiger partial charge on any atom is 0.222 e. The highest BCUT2D eigenvalue weighted by Gasteiger charge is 2.04. The predicted molar refractivity (Wildman–Crippen MR) is 49.0 cm³/mol. The first-order chi connectivity index (χ1) is 5.68. The van der Waals surface area contributed by atoms with Gasteiger partial charge in [-0.05, 0) is 12.8 Å². The van der Waals surface area contributed by atoms with Crippen LogP contribution < -0.4 is 5.32 Å². The number of carbonyl (C=O) groups excluding carboxylic acids is 1. The zero-order valence-electron chi connectivity index (χ0n) is 8.22. The largest absolute Gasteiger partial charge is 0.385 e. The van der Waals surface area contributed by atoms with Crippen LogP contribution in [0.5, 0.6) is 0 Å². The third kappa shape index (κ3) is 6.16. The fourth-order valence-corrected chi connectivity index (χ4v) is 0.787. The van der Waals surface area contributed by atoms with Crippen LogP contribution in [-0.4, -0.2) is 26.2 Å². The van der Waals surface area contributed by atoms with Gasteiger partial charge < -0.3 is 10.1 Å². The number of rotatable bonds is 6. The first-order valence-electron chi connectivity index (χ1n) is 4.45. The third-order valence-corrected chi connectivity index (χ3v) is 1.60. The Balaban J connectivity index is 3.14. The van der Waals surface area contributed by atoms with Crippen molar-refractivity contribution in [1.29, 1.82) is 0 Å². The molecule has 0 saturated heterocycles. The number of nitrogens with one attached hydrogen (secondary N) is 1. The lowest BCUT2D eigenvalue weighted by Crippen LogP contribution is -2.28. The van der Waals surface area contributed by atoms with Gasteiger partial charge in [0.2, 0.25) is 5.91 Å². The minimum Gasteiger partial charge on any atom is -0.385 e. The summed E-state index contributed by atoms with van der Waals surface area (Å²) in [6, 6.07) is 0. The van der Waals surface area contributed by atoms with E-state index >= 15 is 0 Å². The van der Waals surface area contributed by atoms with Crippen molar-refractivity contribution in [3.05, 3.63) is 0 Å². The van der Waals surface area contributed by atoms with Crippen molar-refractivity contribution in [3.63, 3.8) is 0 Å². The van der Waals surface area contributed by atoms with Crippen molar-refractivity contribution in [2.75, 3.05) is 20.3 Å². The molecule has 0 aromatic heterocycles. The Labute approximate surface area is 74.5 Å². The molecule has 0 aromatic carbocycles. The molecule has 0 saturated carbocycles. The smallest absolute Gasteiger partial charge is 0.222 e. The van der Waals surface area contributed by atoms with Crippen LogP contribution in [0.15, 0.2) is 0 Å². The number of ether oxygens (including phenoxy) is 1. The second kappa shape index (κ2) is 7.10. The van der Waals surface area contributed by atoms with E-state index in [0.717, 1.165) is 26.0 Å². The molecule has 0 rings (SSSR count). The molecule has 1 amide bonds. The van der Waals surface area contributed by atoms with Crippen molar-refractivity contribution in [2.45, 2.75) is 26.7 Å². The zero-order chi connectivity index (χ0) is 9.40. The van der Waals surface area contributed by atoms with E-state index < -0.39 is 0 Å². The van der Waals surface area contributed by atoms with Crippen LogP contribution in [-0.2, 0) is 9.53 Å². The Morgan fingerprint density at radius 2 is 2.08 bits per heavy atom. The number of amides is 1. The van der Waals surface area contributed by atoms with Gasteiger partial charge in [-0.2, -0.15) is 0 Å². The fourth-order valence-electron chi connectivity index (χ4n) is 0.787. The molecule has 0 aliphatic rings. The van der Waals surface area contributed by atoms with Crippen molar-refractivity contribution in [1.82, 2.24) is 5.32 Å². The predicted octanol–water partition coefficient (Wildman–Crippen LogP) is 1.19. The maximum absolute atomic E-state index is 11.0. The molecule has 0 fully saturated rings. The summed E-state index contributed by atoms with van der Waals surface area (Å²) in [4.78, 5) is 11.0. The van der Waals surface area contributed by atoms with Gasteiger partial charge in [0.05, 0.1) is 0 Å². The van der Waals surface area contributed by atoms with Gasteiger partial charge in [-0.1, -0.05) is 13.8 Å². The highest BCUT2D eigenvalue weighted by molar-refractivity contribution is 5.77. The highest BCUT2D eigenvalue weighted by Crippen LogP contribution is 1.92. The van der Waals surface area contributed by atoms with Crippen molar-refractivity contribution in [2.24, 2.45) is 5.92 Å². The van der Waals surface area contributed by atoms with Gasteiger partial charge in [-0.3, -0.25) is 4.79 Å². The normalized spacial score (nSPS) is 10.3. The van der Waals surface area contributed by atoms with E-state index in [9.17, 15) is 4.79 Å². The SMILES string of the molecule is COCCCCNC(=O)C(C)C. The first-order valence-corrected chi connectivity index (χ1v) is 4.45. The van der Waals surface area contributed by atoms with Gasteiger partial charge in [0.1, 0.15) is 0 Å². The van der Waals surface area contributed by atoms with Gasteiger partial charge in [-0.25, -0.2) is 0 Å². The monoisotopic (exact) mass is 173 g/mol. The molecule has 3 heteroatoms. The molecule has 0 aliphatic heterocycles. The summed E-state index contributed by atoms with van der Waals surface area (Å²) < 4.78 is 4.88. The lowest BCUT2D eigenvalue weighted by molar-refractivity contribution is -0.123. The summed E-state index contributed by atoms with van der Waals surface area (Å²) in [6.07, 6.45) is 2.00. The van der Waals surface area contributed by atoms with Crippen LogP contribution in [0.1, 0.15) is 26.7 Å². The topological polar surface area (TPSA) is 38.3 Å². The molecule has 12 heavy (non-hydrogen) atoms. The Kier molecular flexibility index (Phi) is 6.76. The van der Waals surface area contributed by atoms with E-state index in [1.807, 2.05) is 13.8 Å². The van der Waals surface area contributed by atoms with Gasteiger partial charge >= 0.3 is 0 Å². The van der Waals surface area contributed by atoms with E-state index in [0.29, 0.717) is 0 Å². The summed E-state index contributed by atoms with van der Waals surface area (Å²) in [5, 5.41) is 2.85.